The van der Waals surface area contributed by atoms with Gasteiger partial charge in [-0.15, -0.1) is 0 Å². The average Bonchev–Trinajstić information content (AvgIpc) is 2.49. The molecule has 1 unspecified atom stereocenters. The van der Waals surface area contributed by atoms with Crippen LogP contribution in [0, 0.1) is 0 Å². The van der Waals surface area contributed by atoms with Gasteiger partial charge in [0, 0.05) is 0 Å². The van der Waals surface area contributed by atoms with Gasteiger partial charge in [-0.25, -0.2) is 0 Å². The molecule has 0 fully saturated rings. The van der Waals surface area contributed by atoms with Crippen molar-refractivity contribution in [2.75, 3.05) is 16.4 Å². The molecule has 4 heteroatoms. The van der Waals surface area contributed by atoms with Crippen molar-refractivity contribution < 1.29 is 4.79 Å². The molecule has 0 bridgehead atoms. The second-order valence-electron chi connectivity index (χ2n) is 2.67. The highest BCUT2D eigenvalue weighted by Crippen LogP contribution is 2.33. The molecule has 0 saturated heterocycles. The normalized spacial score (nSPS) is 19.2. The number of anilines is 3. The summed E-state index contributed by atoms with van der Waals surface area (Å²) in [5.74, 6) is 0. The minimum Gasteiger partial charge on any atom is -0.397 e. The number of benzene rings is 1. The van der Waals surface area contributed by atoms with E-state index in [9.17, 15) is 4.79 Å². The maximum Gasteiger partial charge on any atom is 0.162 e. The standard InChI is InChI=1S/C8H9N3O/c9-5-2-1-3-6-8(5)11-7(4-12)10-6/h1-4,7,10-11H,9H2. The zero-order chi connectivity index (χ0) is 8.55. The number of hydrogen-bond donors (Lipinski definition) is 3. The van der Waals surface area contributed by atoms with E-state index in [1.807, 2.05) is 12.1 Å². The van der Waals surface area contributed by atoms with Gasteiger partial charge < -0.3 is 16.4 Å². The van der Waals surface area contributed by atoms with E-state index in [0.717, 1.165) is 17.7 Å². The lowest BCUT2D eigenvalue weighted by molar-refractivity contribution is -0.107. The molecule has 1 aromatic rings. The second-order valence-corrected chi connectivity index (χ2v) is 2.67. The molecule has 0 aromatic heterocycles. The number of carbonyl (C=O) groups excluding carboxylic acids is 1. The maximum absolute atomic E-state index is 10.4. The third-order valence-electron chi connectivity index (χ3n) is 1.84. The first kappa shape index (κ1) is 6.97. The number of para-hydroxylation sites is 1. The van der Waals surface area contributed by atoms with Crippen molar-refractivity contribution in [3.05, 3.63) is 18.2 Å². The summed E-state index contributed by atoms with van der Waals surface area (Å²) < 4.78 is 0. The Morgan fingerprint density at radius 1 is 1.42 bits per heavy atom. The first-order valence-corrected chi connectivity index (χ1v) is 3.68. The Morgan fingerprint density at radius 3 is 2.92 bits per heavy atom. The first-order chi connectivity index (χ1) is 5.81. The number of hydrogen-bond acceptors (Lipinski definition) is 4. The molecule has 1 aromatic carbocycles. The minimum absolute atomic E-state index is 0.343. The van der Waals surface area contributed by atoms with E-state index in [1.165, 1.54) is 0 Å². The van der Waals surface area contributed by atoms with Crippen LogP contribution in [0.1, 0.15) is 0 Å². The zero-order valence-corrected chi connectivity index (χ0v) is 6.37. The van der Waals surface area contributed by atoms with E-state index in [-0.39, 0.29) is 6.17 Å². The van der Waals surface area contributed by atoms with E-state index in [2.05, 4.69) is 10.6 Å². The van der Waals surface area contributed by atoms with Gasteiger partial charge >= 0.3 is 0 Å². The van der Waals surface area contributed by atoms with E-state index < -0.39 is 0 Å². The molecule has 0 aliphatic carbocycles. The second kappa shape index (κ2) is 2.41. The summed E-state index contributed by atoms with van der Waals surface area (Å²) in [4.78, 5) is 10.4. The van der Waals surface area contributed by atoms with Crippen LogP contribution in [0.25, 0.3) is 0 Å². The fraction of sp³-hybridized carbons (Fsp3) is 0.125. The zero-order valence-electron chi connectivity index (χ0n) is 6.37. The summed E-state index contributed by atoms with van der Waals surface area (Å²) in [6, 6.07) is 5.51. The SMILES string of the molecule is Nc1cccc2c1NC(C=O)N2. The first-order valence-electron chi connectivity index (χ1n) is 3.68. The third kappa shape index (κ3) is 0.887. The van der Waals surface area contributed by atoms with Crippen LogP contribution in [0.15, 0.2) is 18.2 Å². The predicted octanol–water partition coefficient (Wildman–Crippen LogP) is 0.631. The summed E-state index contributed by atoms with van der Waals surface area (Å²) in [6.45, 7) is 0. The van der Waals surface area contributed by atoms with E-state index >= 15 is 0 Å². The summed E-state index contributed by atoms with van der Waals surface area (Å²) in [7, 11) is 0. The fourth-order valence-corrected chi connectivity index (χ4v) is 1.28. The highest BCUT2D eigenvalue weighted by atomic mass is 16.1. The number of carbonyl (C=O) groups is 1. The van der Waals surface area contributed by atoms with Crippen LogP contribution in [-0.2, 0) is 4.79 Å². The summed E-state index contributed by atoms with van der Waals surface area (Å²) in [6.07, 6.45) is 0.462. The Bertz CT molecular complexity index is 324. The van der Waals surface area contributed by atoms with Crippen molar-refractivity contribution in [3.8, 4) is 0 Å². The van der Waals surface area contributed by atoms with Gasteiger partial charge in [-0.05, 0) is 12.1 Å². The molecule has 4 nitrogen and oxygen atoms in total. The summed E-state index contributed by atoms with van der Waals surface area (Å²) >= 11 is 0. The third-order valence-corrected chi connectivity index (χ3v) is 1.84. The molecule has 0 amide bonds. The van der Waals surface area contributed by atoms with Crippen LogP contribution in [0.5, 0.6) is 0 Å². The molecule has 1 atom stereocenters. The predicted molar refractivity (Wildman–Crippen MR) is 48.0 cm³/mol. The molecule has 0 spiro atoms. The lowest BCUT2D eigenvalue weighted by Gasteiger charge is -2.01. The largest absolute Gasteiger partial charge is 0.397 e. The van der Waals surface area contributed by atoms with Crippen LogP contribution in [0.3, 0.4) is 0 Å². The topological polar surface area (TPSA) is 67.1 Å². The van der Waals surface area contributed by atoms with Gasteiger partial charge in [-0.2, -0.15) is 0 Å². The lowest BCUT2D eigenvalue weighted by atomic mass is 10.2. The summed E-state index contributed by atoms with van der Waals surface area (Å²) in [5, 5.41) is 5.91. The molecule has 1 aliphatic rings. The van der Waals surface area contributed by atoms with Crippen LogP contribution < -0.4 is 16.4 Å². The number of aldehydes is 1. The molecular weight excluding hydrogens is 154 g/mol. The van der Waals surface area contributed by atoms with Crippen molar-refractivity contribution in [2.24, 2.45) is 0 Å². The number of nitrogens with one attached hydrogen (secondary N) is 2. The molecule has 0 saturated carbocycles. The Hall–Kier alpha value is -1.71. The Kier molecular flexibility index (Phi) is 1.40. The monoisotopic (exact) mass is 163 g/mol. The highest BCUT2D eigenvalue weighted by molar-refractivity contribution is 5.89. The quantitative estimate of drug-likeness (QED) is 0.419. The average molecular weight is 163 g/mol. The number of nitrogen functional groups attached to an aromatic ring is 1. The molecule has 1 aliphatic heterocycles. The molecule has 12 heavy (non-hydrogen) atoms. The number of rotatable bonds is 1. The van der Waals surface area contributed by atoms with Gasteiger partial charge in [0.2, 0.25) is 0 Å². The van der Waals surface area contributed by atoms with Gasteiger partial charge in [0.05, 0.1) is 17.1 Å². The maximum atomic E-state index is 10.4. The molecule has 1 heterocycles. The van der Waals surface area contributed by atoms with Gasteiger partial charge in [0.25, 0.3) is 0 Å². The number of fused-ring (bicyclic) bond motifs is 1. The Labute approximate surface area is 69.8 Å². The van der Waals surface area contributed by atoms with Crippen LogP contribution in [0.2, 0.25) is 0 Å². The van der Waals surface area contributed by atoms with Gasteiger partial charge in [-0.3, -0.25) is 4.79 Å². The molecular formula is C8H9N3O. The van der Waals surface area contributed by atoms with Crippen LogP contribution in [-0.4, -0.2) is 12.5 Å². The van der Waals surface area contributed by atoms with E-state index in [4.69, 9.17) is 5.73 Å². The minimum atomic E-state index is -0.343. The van der Waals surface area contributed by atoms with Crippen molar-refractivity contribution in [2.45, 2.75) is 6.17 Å². The van der Waals surface area contributed by atoms with E-state index in [0.29, 0.717) is 5.69 Å². The molecule has 4 N–H and O–H groups in total. The van der Waals surface area contributed by atoms with E-state index in [1.54, 1.807) is 6.07 Å². The Balaban J connectivity index is 2.41. The molecule has 62 valence electrons. The van der Waals surface area contributed by atoms with Crippen molar-refractivity contribution in [1.82, 2.24) is 0 Å². The Morgan fingerprint density at radius 2 is 2.25 bits per heavy atom. The molecule has 2 rings (SSSR count). The summed E-state index contributed by atoms with van der Waals surface area (Å²) in [5.41, 5.74) is 8.02. The van der Waals surface area contributed by atoms with Crippen molar-refractivity contribution in [1.29, 1.82) is 0 Å². The van der Waals surface area contributed by atoms with Crippen LogP contribution >= 0.6 is 0 Å². The molecule has 0 radical (unpaired) electrons. The van der Waals surface area contributed by atoms with Crippen LogP contribution in [0.4, 0.5) is 17.1 Å². The van der Waals surface area contributed by atoms with Gasteiger partial charge in [-0.1, -0.05) is 6.07 Å². The fourth-order valence-electron chi connectivity index (χ4n) is 1.28. The smallest absolute Gasteiger partial charge is 0.162 e. The highest BCUT2D eigenvalue weighted by Gasteiger charge is 2.19. The van der Waals surface area contributed by atoms with Gasteiger partial charge in [0.15, 0.2) is 12.5 Å². The number of nitrogens with two attached hydrogens (primary N) is 1. The van der Waals surface area contributed by atoms with Crippen molar-refractivity contribution >= 4 is 23.3 Å². The lowest BCUT2D eigenvalue weighted by Crippen LogP contribution is -2.23. The van der Waals surface area contributed by atoms with Crippen molar-refractivity contribution in [3.63, 3.8) is 0 Å². The van der Waals surface area contributed by atoms with Gasteiger partial charge in [0.1, 0.15) is 0 Å².